The molecule has 1 fully saturated rings. The second-order valence-corrected chi connectivity index (χ2v) is 8.95. The van der Waals surface area contributed by atoms with Gasteiger partial charge < -0.3 is 24.1 Å². The first-order chi connectivity index (χ1) is 17.2. The van der Waals surface area contributed by atoms with Crippen molar-refractivity contribution in [2.24, 2.45) is 0 Å². The molecule has 0 unspecified atom stereocenters. The lowest BCUT2D eigenvalue weighted by Crippen LogP contribution is -2.52. The Bertz CT molecular complexity index is 1130. The molecule has 35 heavy (non-hydrogen) atoms. The predicted molar refractivity (Wildman–Crippen MR) is 128 cm³/mol. The van der Waals surface area contributed by atoms with Gasteiger partial charge in [0, 0.05) is 25.0 Å². The molecule has 8 heteroatoms. The van der Waals surface area contributed by atoms with Crippen molar-refractivity contribution in [3.63, 3.8) is 0 Å². The highest BCUT2D eigenvalue weighted by Gasteiger charge is 2.40. The van der Waals surface area contributed by atoms with Crippen LogP contribution in [0.15, 0.2) is 71.6 Å². The first kappa shape index (κ1) is 23.0. The summed E-state index contributed by atoms with van der Waals surface area (Å²) in [4.78, 5) is 33.3. The van der Waals surface area contributed by atoms with Gasteiger partial charge in [-0.3, -0.25) is 14.6 Å². The lowest BCUT2D eigenvalue weighted by atomic mass is 9.95. The average Bonchev–Trinajstić information content (AvgIpc) is 3.43. The van der Waals surface area contributed by atoms with Gasteiger partial charge in [-0.2, -0.15) is 0 Å². The highest BCUT2D eigenvalue weighted by molar-refractivity contribution is 5.90. The van der Waals surface area contributed by atoms with Crippen LogP contribution >= 0.6 is 0 Å². The summed E-state index contributed by atoms with van der Waals surface area (Å²) in [7, 11) is 0. The number of furan rings is 1. The van der Waals surface area contributed by atoms with Gasteiger partial charge in [0.1, 0.15) is 12.4 Å². The van der Waals surface area contributed by atoms with Crippen LogP contribution in [0.5, 0.6) is 11.5 Å². The highest BCUT2D eigenvalue weighted by Crippen LogP contribution is 2.33. The number of pyridine rings is 1. The molecule has 1 saturated carbocycles. The number of carbonyl (C=O) groups excluding carboxylic acids is 2. The number of aromatic nitrogens is 1. The number of hydrogen-bond acceptors (Lipinski definition) is 6. The number of nitrogens with one attached hydrogen (secondary N) is 1. The zero-order valence-electron chi connectivity index (χ0n) is 19.5. The monoisotopic (exact) mass is 475 g/mol. The number of para-hydroxylation sites is 2. The number of nitrogens with zero attached hydrogens (tertiary/aromatic N) is 2. The SMILES string of the molecule is O=C(NC1CCCCC1)[C@H](c1ccco1)N(Cc1cccnc1)C(=O)[C@@H]1COc2ccccc2O1. The summed E-state index contributed by atoms with van der Waals surface area (Å²) in [5.41, 5.74) is 0.792. The second-order valence-electron chi connectivity index (χ2n) is 8.95. The lowest BCUT2D eigenvalue weighted by molar-refractivity contribution is -0.150. The topological polar surface area (TPSA) is 93.9 Å². The van der Waals surface area contributed by atoms with Crippen molar-refractivity contribution in [2.45, 2.75) is 56.8 Å². The minimum absolute atomic E-state index is 0.0501. The Morgan fingerprint density at radius 1 is 1.03 bits per heavy atom. The summed E-state index contributed by atoms with van der Waals surface area (Å²) in [5.74, 6) is 0.866. The van der Waals surface area contributed by atoms with E-state index in [1.54, 1.807) is 42.7 Å². The highest BCUT2D eigenvalue weighted by atomic mass is 16.6. The first-order valence-corrected chi connectivity index (χ1v) is 12.1. The van der Waals surface area contributed by atoms with Crippen LogP contribution in [0.3, 0.4) is 0 Å². The van der Waals surface area contributed by atoms with Crippen LogP contribution in [0.1, 0.15) is 49.5 Å². The molecule has 3 heterocycles. The second kappa shape index (κ2) is 10.6. The largest absolute Gasteiger partial charge is 0.485 e. The molecule has 8 nitrogen and oxygen atoms in total. The van der Waals surface area contributed by atoms with Crippen LogP contribution < -0.4 is 14.8 Å². The van der Waals surface area contributed by atoms with Gasteiger partial charge in [0.25, 0.3) is 11.8 Å². The van der Waals surface area contributed by atoms with E-state index in [1.807, 2.05) is 18.2 Å². The van der Waals surface area contributed by atoms with Crippen molar-refractivity contribution < 1.29 is 23.5 Å². The van der Waals surface area contributed by atoms with Gasteiger partial charge in [-0.1, -0.05) is 37.5 Å². The molecule has 1 aliphatic heterocycles. The van der Waals surface area contributed by atoms with E-state index in [-0.39, 0.29) is 31.0 Å². The molecule has 0 spiro atoms. The smallest absolute Gasteiger partial charge is 0.268 e. The van der Waals surface area contributed by atoms with Crippen molar-refractivity contribution in [1.29, 1.82) is 0 Å². The van der Waals surface area contributed by atoms with Crippen LogP contribution in [0.4, 0.5) is 0 Å². The molecular weight excluding hydrogens is 446 g/mol. The van der Waals surface area contributed by atoms with Gasteiger partial charge in [0.05, 0.1) is 6.26 Å². The maximum absolute atomic E-state index is 13.9. The molecule has 182 valence electrons. The zero-order valence-corrected chi connectivity index (χ0v) is 19.5. The number of fused-ring (bicyclic) bond motifs is 1. The van der Waals surface area contributed by atoms with E-state index in [1.165, 1.54) is 17.6 Å². The molecule has 0 bridgehead atoms. The standard InChI is InChI=1S/C27H29N3O5/c31-26(29-20-9-2-1-3-10-20)25(23-13-7-15-33-23)30(17-19-8-6-14-28-16-19)27(32)24-18-34-21-11-4-5-12-22(21)35-24/h4-8,11-16,20,24-25H,1-3,9-10,17-18H2,(H,29,31)/t24-,25-/m0/s1. The fraction of sp³-hybridized carbons (Fsp3) is 0.370. The summed E-state index contributed by atoms with van der Waals surface area (Å²) in [6.07, 6.45) is 9.19. The van der Waals surface area contributed by atoms with E-state index < -0.39 is 12.1 Å². The molecule has 1 N–H and O–H groups in total. The minimum Gasteiger partial charge on any atom is -0.485 e. The van der Waals surface area contributed by atoms with Crippen LogP contribution in [0.2, 0.25) is 0 Å². The van der Waals surface area contributed by atoms with E-state index in [0.29, 0.717) is 17.3 Å². The predicted octanol–water partition coefficient (Wildman–Crippen LogP) is 4.03. The molecule has 5 rings (SSSR count). The Morgan fingerprint density at radius 2 is 1.86 bits per heavy atom. The molecule has 2 atom stereocenters. The number of amides is 2. The van der Waals surface area contributed by atoms with Crippen molar-refractivity contribution >= 4 is 11.8 Å². The summed E-state index contributed by atoms with van der Waals surface area (Å²) in [6, 6.07) is 13.5. The third-order valence-electron chi connectivity index (χ3n) is 6.47. The molecule has 1 aliphatic carbocycles. The average molecular weight is 476 g/mol. The molecule has 1 aromatic carbocycles. The van der Waals surface area contributed by atoms with Crippen LogP contribution in [-0.2, 0) is 16.1 Å². The van der Waals surface area contributed by atoms with Crippen LogP contribution in [0, 0.1) is 0 Å². The molecule has 2 aromatic heterocycles. The number of rotatable bonds is 7. The molecule has 2 aliphatic rings. The molecule has 3 aromatic rings. The number of hydrogen-bond donors (Lipinski definition) is 1. The van der Waals surface area contributed by atoms with Gasteiger partial charge in [-0.15, -0.1) is 0 Å². The van der Waals surface area contributed by atoms with Crippen molar-refractivity contribution in [3.05, 3.63) is 78.5 Å². The zero-order chi connectivity index (χ0) is 24.0. The van der Waals surface area contributed by atoms with Crippen molar-refractivity contribution in [3.8, 4) is 11.5 Å². The van der Waals surface area contributed by atoms with E-state index in [2.05, 4.69) is 10.3 Å². The summed E-state index contributed by atoms with van der Waals surface area (Å²) in [6.45, 7) is 0.214. The summed E-state index contributed by atoms with van der Waals surface area (Å²) >= 11 is 0. The lowest BCUT2D eigenvalue weighted by Gasteiger charge is -2.35. The van der Waals surface area contributed by atoms with Gasteiger partial charge >= 0.3 is 0 Å². The number of carbonyl (C=O) groups is 2. The van der Waals surface area contributed by atoms with Crippen LogP contribution in [0.25, 0.3) is 0 Å². The normalized spacial score (nSPS) is 18.5. The van der Waals surface area contributed by atoms with E-state index in [0.717, 1.165) is 31.2 Å². The number of benzene rings is 1. The van der Waals surface area contributed by atoms with Crippen molar-refractivity contribution in [2.75, 3.05) is 6.61 Å². The van der Waals surface area contributed by atoms with Crippen molar-refractivity contribution in [1.82, 2.24) is 15.2 Å². The summed E-state index contributed by atoms with van der Waals surface area (Å²) < 4.78 is 17.5. The van der Waals surface area contributed by atoms with Gasteiger partial charge in [-0.05, 0) is 48.7 Å². The molecule has 2 amide bonds. The molecule has 0 saturated heterocycles. The molecule has 0 radical (unpaired) electrons. The van der Waals surface area contributed by atoms with E-state index in [9.17, 15) is 9.59 Å². The Kier molecular flexibility index (Phi) is 6.97. The first-order valence-electron chi connectivity index (χ1n) is 12.1. The minimum atomic E-state index is -0.958. The van der Waals surface area contributed by atoms with Gasteiger partial charge in [0.2, 0.25) is 6.10 Å². The number of ether oxygens (including phenoxy) is 2. The Balaban J connectivity index is 1.45. The fourth-order valence-electron chi connectivity index (χ4n) is 4.71. The Labute approximate surface area is 204 Å². The third-order valence-corrected chi connectivity index (χ3v) is 6.47. The maximum atomic E-state index is 13.9. The maximum Gasteiger partial charge on any atom is 0.268 e. The third kappa shape index (κ3) is 5.31. The summed E-state index contributed by atoms with van der Waals surface area (Å²) in [5, 5.41) is 3.17. The quantitative estimate of drug-likeness (QED) is 0.555. The Hall–Kier alpha value is -3.81. The van der Waals surface area contributed by atoms with E-state index >= 15 is 0 Å². The van der Waals surface area contributed by atoms with E-state index in [4.69, 9.17) is 13.9 Å². The Morgan fingerprint density at radius 3 is 2.60 bits per heavy atom. The fourth-order valence-corrected chi connectivity index (χ4v) is 4.71. The molecular formula is C27H29N3O5. The van der Waals surface area contributed by atoms with Crippen LogP contribution in [-0.4, -0.2) is 40.5 Å². The van der Waals surface area contributed by atoms with Gasteiger partial charge in [-0.25, -0.2) is 0 Å². The van der Waals surface area contributed by atoms with Gasteiger partial charge in [0.15, 0.2) is 17.5 Å².